The van der Waals surface area contributed by atoms with Crippen LogP contribution >= 0.6 is 0 Å². The summed E-state index contributed by atoms with van der Waals surface area (Å²) in [6.45, 7) is 3.41. The van der Waals surface area contributed by atoms with Crippen molar-refractivity contribution in [3.63, 3.8) is 0 Å². The fourth-order valence-electron chi connectivity index (χ4n) is 3.41. The summed E-state index contributed by atoms with van der Waals surface area (Å²) in [6, 6.07) is 15.6. The minimum atomic E-state index is 0.00381. The Hall–Kier alpha value is -2.53. The standard InChI is InChI=1S/C20H21NO4/c1-14-11-21(12-17(25-14)9-15-5-3-2-4-6-15)20(22)16-7-8-18-19(10-16)24-13-23-18/h2-8,10,14,17H,9,11-13H2,1H3. The molecule has 0 spiro atoms. The van der Waals surface area contributed by atoms with Crippen molar-refractivity contribution in [2.75, 3.05) is 19.9 Å². The molecule has 0 saturated carbocycles. The molecule has 130 valence electrons. The van der Waals surface area contributed by atoms with Crippen LogP contribution < -0.4 is 9.47 Å². The number of carbonyl (C=O) groups excluding carboxylic acids is 1. The van der Waals surface area contributed by atoms with Crippen LogP contribution in [0.4, 0.5) is 0 Å². The quantitative estimate of drug-likeness (QED) is 0.863. The molecule has 2 heterocycles. The van der Waals surface area contributed by atoms with E-state index < -0.39 is 0 Å². The Morgan fingerprint density at radius 2 is 1.88 bits per heavy atom. The number of benzene rings is 2. The molecule has 1 amide bonds. The fourth-order valence-corrected chi connectivity index (χ4v) is 3.41. The highest BCUT2D eigenvalue weighted by Gasteiger charge is 2.29. The highest BCUT2D eigenvalue weighted by atomic mass is 16.7. The van der Waals surface area contributed by atoms with Crippen molar-refractivity contribution >= 4 is 5.91 Å². The van der Waals surface area contributed by atoms with Crippen LogP contribution in [0.25, 0.3) is 0 Å². The first-order chi connectivity index (χ1) is 12.2. The molecule has 2 aliphatic rings. The fraction of sp³-hybridized carbons (Fsp3) is 0.350. The number of hydrogen-bond acceptors (Lipinski definition) is 4. The van der Waals surface area contributed by atoms with Crippen LogP contribution in [0.15, 0.2) is 48.5 Å². The number of rotatable bonds is 3. The summed E-state index contributed by atoms with van der Waals surface area (Å²) in [4.78, 5) is 14.8. The van der Waals surface area contributed by atoms with Crippen molar-refractivity contribution in [3.8, 4) is 11.5 Å². The molecule has 5 heteroatoms. The van der Waals surface area contributed by atoms with Gasteiger partial charge in [-0.25, -0.2) is 0 Å². The van der Waals surface area contributed by atoms with E-state index in [9.17, 15) is 4.79 Å². The second-order valence-corrected chi connectivity index (χ2v) is 6.54. The van der Waals surface area contributed by atoms with Gasteiger partial charge in [-0.05, 0) is 30.7 Å². The van der Waals surface area contributed by atoms with Gasteiger partial charge in [-0.15, -0.1) is 0 Å². The van der Waals surface area contributed by atoms with Gasteiger partial charge in [0.05, 0.1) is 12.2 Å². The smallest absolute Gasteiger partial charge is 0.254 e. The number of hydrogen-bond donors (Lipinski definition) is 0. The highest BCUT2D eigenvalue weighted by Crippen LogP contribution is 2.33. The summed E-state index contributed by atoms with van der Waals surface area (Å²) in [7, 11) is 0. The zero-order valence-electron chi connectivity index (χ0n) is 14.2. The van der Waals surface area contributed by atoms with Crippen molar-refractivity contribution in [1.29, 1.82) is 0 Å². The van der Waals surface area contributed by atoms with Gasteiger partial charge in [0, 0.05) is 25.1 Å². The van der Waals surface area contributed by atoms with Gasteiger partial charge in [0.15, 0.2) is 11.5 Å². The van der Waals surface area contributed by atoms with Gasteiger partial charge in [0.1, 0.15) is 0 Å². The van der Waals surface area contributed by atoms with Crippen molar-refractivity contribution in [2.45, 2.75) is 25.6 Å². The predicted molar refractivity (Wildman–Crippen MR) is 92.9 cm³/mol. The summed E-state index contributed by atoms with van der Waals surface area (Å²) in [5, 5.41) is 0. The van der Waals surface area contributed by atoms with Gasteiger partial charge in [-0.3, -0.25) is 4.79 Å². The number of morpholine rings is 1. The molecular formula is C20H21NO4. The molecule has 2 aromatic rings. The average molecular weight is 339 g/mol. The molecule has 2 aliphatic heterocycles. The van der Waals surface area contributed by atoms with E-state index in [2.05, 4.69) is 12.1 Å². The molecule has 25 heavy (non-hydrogen) atoms. The van der Waals surface area contributed by atoms with E-state index in [4.69, 9.17) is 14.2 Å². The number of amides is 1. The third-order valence-corrected chi connectivity index (χ3v) is 4.54. The third kappa shape index (κ3) is 3.46. The monoisotopic (exact) mass is 339 g/mol. The van der Waals surface area contributed by atoms with Gasteiger partial charge in [-0.2, -0.15) is 0 Å². The average Bonchev–Trinajstić information content (AvgIpc) is 3.09. The molecule has 2 unspecified atom stereocenters. The van der Waals surface area contributed by atoms with Gasteiger partial charge in [-0.1, -0.05) is 30.3 Å². The van der Waals surface area contributed by atoms with Crippen molar-refractivity contribution in [3.05, 3.63) is 59.7 Å². The third-order valence-electron chi connectivity index (χ3n) is 4.54. The van der Waals surface area contributed by atoms with E-state index >= 15 is 0 Å². The number of carbonyl (C=O) groups is 1. The maximum absolute atomic E-state index is 12.9. The molecule has 0 bridgehead atoms. The van der Waals surface area contributed by atoms with Crippen LogP contribution in [0.3, 0.4) is 0 Å². The molecule has 5 nitrogen and oxygen atoms in total. The zero-order chi connectivity index (χ0) is 17.2. The van der Waals surface area contributed by atoms with Crippen molar-refractivity contribution in [1.82, 2.24) is 4.90 Å². The number of nitrogens with zero attached hydrogens (tertiary/aromatic N) is 1. The van der Waals surface area contributed by atoms with E-state index in [0.717, 1.165) is 6.42 Å². The predicted octanol–water partition coefficient (Wildman–Crippen LogP) is 2.89. The van der Waals surface area contributed by atoms with Gasteiger partial charge in [0.25, 0.3) is 5.91 Å². The van der Waals surface area contributed by atoms with Crippen LogP contribution in [0.1, 0.15) is 22.8 Å². The largest absolute Gasteiger partial charge is 0.454 e. The molecule has 1 saturated heterocycles. The second kappa shape index (κ2) is 6.76. The first-order valence-electron chi connectivity index (χ1n) is 8.57. The van der Waals surface area contributed by atoms with Gasteiger partial charge >= 0.3 is 0 Å². The van der Waals surface area contributed by atoms with E-state index in [0.29, 0.717) is 30.2 Å². The van der Waals surface area contributed by atoms with Crippen LogP contribution in [-0.4, -0.2) is 42.9 Å². The van der Waals surface area contributed by atoms with Crippen molar-refractivity contribution < 1.29 is 19.0 Å². The summed E-state index contributed by atoms with van der Waals surface area (Å²) in [5.74, 6) is 1.33. The summed E-state index contributed by atoms with van der Waals surface area (Å²) in [5.41, 5.74) is 1.84. The first-order valence-corrected chi connectivity index (χ1v) is 8.57. The van der Waals surface area contributed by atoms with E-state index in [1.807, 2.05) is 30.0 Å². The van der Waals surface area contributed by atoms with Gasteiger partial charge < -0.3 is 19.1 Å². The van der Waals surface area contributed by atoms with E-state index in [1.165, 1.54) is 5.56 Å². The lowest BCUT2D eigenvalue weighted by Crippen LogP contribution is -2.49. The molecule has 2 atom stereocenters. The molecule has 0 aromatic heterocycles. The first kappa shape index (κ1) is 16.0. The minimum absolute atomic E-state index is 0.00381. The Morgan fingerprint density at radius 3 is 2.72 bits per heavy atom. The Balaban J connectivity index is 1.48. The molecule has 4 rings (SSSR count). The van der Waals surface area contributed by atoms with E-state index in [1.54, 1.807) is 18.2 Å². The molecular weight excluding hydrogens is 318 g/mol. The van der Waals surface area contributed by atoms with Gasteiger partial charge in [0.2, 0.25) is 6.79 Å². The molecule has 1 fully saturated rings. The van der Waals surface area contributed by atoms with Crippen LogP contribution in [0.2, 0.25) is 0 Å². The Morgan fingerprint density at radius 1 is 1.08 bits per heavy atom. The highest BCUT2D eigenvalue weighted by molar-refractivity contribution is 5.95. The normalized spacial score (nSPS) is 22.0. The maximum atomic E-state index is 12.9. The summed E-state index contributed by atoms with van der Waals surface area (Å²) in [6.07, 6.45) is 0.820. The molecule has 0 N–H and O–H groups in total. The zero-order valence-corrected chi connectivity index (χ0v) is 14.2. The Kier molecular flexibility index (Phi) is 4.32. The SMILES string of the molecule is CC1CN(C(=O)c2ccc3c(c2)OCO3)CC(Cc2ccccc2)O1. The molecule has 0 radical (unpaired) electrons. The summed E-state index contributed by atoms with van der Waals surface area (Å²) < 4.78 is 16.7. The topological polar surface area (TPSA) is 48.0 Å². The van der Waals surface area contributed by atoms with Crippen LogP contribution in [0.5, 0.6) is 11.5 Å². The minimum Gasteiger partial charge on any atom is -0.454 e. The van der Waals surface area contributed by atoms with Crippen molar-refractivity contribution in [2.24, 2.45) is 0 Å². The second-order valence-electron chi connectivity index (χ2n) is 6.54. The molecule has 0 aliphatic carbocycles. The maximum Gasteiger partial charge on any atom is 0.254 e. The lowest BCUT2D eigenvalue weighted by Gasteiger charge is -2.37. The Labute approximate surface area is 147 Å². The van der Waals surface area contributed by atoms with E-state index in [-0.39, 0.29) is 24.9 Å². The summed E-state index contributed by atoms with van der Waals surface area (Å²) >= 11 is 0. The lowest BCUT2D eigenvalue weighted by molar-refractivity contribution is -0.0664. The Bertz CT molecular complexity index is 762. The number of fused-ring (bicyclic) bond motifs is 1. The molecule has 2 aromatic carbocycles. The lowest BCUT2D eigenvalue weighted by atomic mass is 10.0. The van der Waals surface area contributed by atoms with Crippen LogP contribution in [-0.2, 0) is 11.2 Å². The number of ether oxygens (including phenoxy) is 3. The van der Waals surface area contributed by atoms with Crippen LogP contribution in [0, 0.1) is 0 Å².